The lowest BCUT2D eigenvalue weighted by Crippen LogP contribution is -2.36. The summed E-state index contributed by atoms with van der Waals surface area (Å²) in [6, 6.07) is 7.60. The van der Waals surface area contributed by atoms with Crippen molar-refractivity contribution in [2.45, 2.75) is 0 Å². The fourth-order valence-electron chi connectivity index (χ4n) is 3.10. The van der Waals surface area contributed by atoms with Crippen LogP contribution in [0.1, 0.15) is 0 Å². The third-order valence-electron chi connectivity index (χ3n) is 4.52. The van der Waals surface area contributed by atoms with Crippen LogP contribution in [0.15, 0.2) is 42.7 Å². The lowest BCUT2D eigenvalue weighted by molar-refractivity contribution is 0.122. The van der Waals surface area contributed by atoms with Gasteiger partial charge in [-0.15, -0.1) is 0 Å². The topological polar surface area (TPSA) is 72.4 Å². The molecule has 1 fully saturated rings. The molecule has 0 amide bonds. The third kappa shape index (κ3) is 4.24. The molecule has 0 saturated carbocycles. The number of aromatic nitrogens is 3. The Morgan fingerprint density at radius 1 is 1.10 bits per heavy atom. The fraction of sp³-hybridized carbons (Fsp3) is 0.250. The first-order valence-electron chi connectivity index (χ1n) is 9.06. The van der Waals surface area contributed by atoms with Gasteiger partial charge < -0.3 is 19.7 Å². The van der Waals surface area contributed by atoms with E-state index in [0.717, 1.165) is 25.0 Å². The molecule has 2 aromatic heterocycles. The van der Waals surface area contributed by atoms with Gasteiger partial charge in [-0.1, -0.05) is 0 Å². The molecule has 0 bridgehead atoms. The van der Waals surface area contributed by atoms with Gasteiger partial charge in [0.2, 0.25) is 5.95 Å². The zero-order valence-corrected chi connectivity index (χ0v) is 15.7. The Bertz CT molecular complexity index is 1010. The molecule has 0 radical (unpaired) electrons. The second kappa shape index (κ2) is 8.36. The van der Waals surface area contributed by atoms with Gasteiger partial charge in [-0.05, 0) is 18.2 Å². The number of benzene rings is 1. The van der Waals surface area contributed by atoms with Crippen molar-refractivity contribution in [2.75, 3.05) is 43.6 Å². The number of methoxy groups -OCH3 is 1. The zero-order chi connectivity index (χ0) is 20.2. The molecule has 1 saturated heterocycles. The minimum Gasteiger partial charge on any atom is -0.496 e. The summed E-state index contributed by atoms with van der Waals surface area (Å²) < 4.78 is 38.4. The average Bonchev–Trinajstić information content (AvgIpc) is 2.76. The highest BCUT2D eigenvalue weighted by atomic mass is 19.1. The molecule has 7 nitrogen and oxygen atoms in total. The maximum Gasteiger partial charge on any atom is 0.229 e. The van der Waals surface area contributed by atoms with Crippen molar-refractivity contribution in [1.29, 1.82) is 0 Å². The summed E-state index contributed by atoms with van der Waals surface area (Å²) in [6.07, 6.45) is 2.74. The smallest absolute Gasteiger partial charge is 0.229 e. The van der Waals surface area contributed by atoms with Crippen LogP contribution in [0.4, 0.5) is 26.2 Å². The van der Waals surface area contributed by atoms with E-state index in [9.17, 15) is 8.78 Å². The normalized spacial score (nSPS) is 14.0. The molecule has 0 atom stereocenters. The number of nitrogens with zero attached hydrogens (tertiary/aromatic N) is 4. The number of morpholine rings is 1. The van der Waals surface area contributed by atoms with Crippen LogP contribution in [-0.2, 0) is 4.74 Å². The first-order chi connectivity index (χ1) is 14.1. The number of anilines is 3. The summed E-state index contributed by atoms with van der Waals surface area (Å²) in [7, 11) is 1.39. The van der Waals surface area contributed by atoms with Gasteiger partial charge in [0, 0.05) is 42.7 Å². The van der Waals surface area contributed by atoms with Crippen LogP contribution >= 0.6 is 0 Å². The van der Waals surface area contributed by atoms with Crippen LogP contribution in [0.2, 0.25) is 0 Å². The number of halogens is 2. The Labute approximate surface area is 166 Å². The lowest BCUT2D eigenvalue weighted by atomic mass is 10.1. The summed E-state index contributed by atoms with van der Waals surface area (Å²) in [4.78, 5) is 14.7. The van der Waals surface area contributed by atoms with Crippen LogP contribution in [0.3, 0.4) is 0 Å². The quantitative estimate of drug-likeness (QED) is 0.705. The number of ether oxygens (including phenoxy) is 2. The highest BCUT2D eigenvalue weighted by Crippen LogP contribution is 2.31. The first kappa shape index (κ1) is 19.0. The molecule has 1 aromatic carbocycles. The predicted molar refractivity (Wildman–Crippen MR) is 104 cm³/mol. The van der Waals surface area contributed by atoms with E-state index in [1.54, 1.807) is 6.20 Å². The molecule has 150 valence electrons. The number of rotatable bonds is 5. The summed E-state index contributed by atoms with van der Waals surface area (Å²) in [5.41, 5.74) is 1.32. The maximum atomic E-state index is 14.4. The van der Waals surface area contributed by atoms with Gasteiger partial charge in [-0.25, -0.2) is 23.7 Å². The molecule has 9 heteroatoms. The Morgan fingerprint density at radius 2 is 1.93 bits per heavy atom. The molecule has 4 rings (SSSR count). The molecular weight excluding hydrogens is 380 g/mol. The van der Waals surface area contributed by atoms with E-state index in [1.807, 2.05) is 12.1 Å². The summed E-state index contributed by atoms with van der Waals surface area (Å²) in [5, 5.41) is 3.00. The fourth-order valence-corrected chi connectivity index (χ4v) is 3.10. The SMILES string of the molecule is COc1cc(F)ccc1-c1nc(Nc2cc(N3CCOCC3)ccn2)ncc1F. The van der Waals surface area contributed by atoms with E-state index in [-0.39, 0.29) is 17.4 Å². The Balaban J connectivity index is 1.62. The van der Waals surface area contributed by atoms with Crippen LogP contribution < -0.4 is 15.0 Å². The van der Waals surface area contributed by atoms with Crippen molar-refractivity contribution in [3.05, 3.63) is 54.4 Å². The Hall–Kier alpha value is -3.33. The zero-order valence-electron chi connectivity index (χ0n) is 15.7. The first-order valence-corrected chi connectivity index (χ1v) is 9.06. The second-order valence-corrected chi connectivity index (χ2v) is 6.36. The van der Waals surface area contributed by atoms with Crippen LogP contribution in [0, 0.1) is 11.6 Å². The van der Waals surface area contributed by atoms with E-state index in [0.29, 0.717) is 24.6 Å². The second-order valence-electron chi connectivity index (χ2n) is 6.36. The maximum absolute atomic E-state index is 14.4. The van der Waals surface area contributed by atoms with E-state index < -0.39 is 11.6 Å². The number of hydrogen-bond donors (Lipinski definition) is 1. The van der Waals surface area contributed by atoms with Crippen molar-refractivity contribution >= 4 is 17.5 Å². The molecule has 0 unspecified atom stereocenters. The molecule has 3 heterocycles. The third-order valence-corrected chi connectivity index (χ3v) is 4.52. The van der Waals surface area contributed by atoms with E-state index in [1.165, 1.54) is 25.3 Å². The molecule has 1 N–H and O–H groups in total. The minimum absolute atomic E-state index is 0.00341. The lowest BCUT2D eigenvalue weighted by Gasteiger charge is -2.28. The van der Waals surface area contributed by atoms with Gasteiger partial charge in [0.05, 0.1) is 26.5 Å². The molecule has 1 aliphatic rings. The highest BCUT2D eigenvalue weighted by Gasteiger charge is 2.16. The molecule has 29 heavy (non-hydrogen) atoms. The van der Waals surface area contributed by atoms with Crippen LogP contribution in [-0.4, -0.2) is 48.4 Å². The van der Waals surface area contributed by atoms with Crippen LogP contribution in [0.5, 0.6) is 5.75 Å². The summed E-state index contributed by atoms with van der Waals surface area (Å²) in [5.74, 6) is -0.254. The van der Waals surface area contributed by atoms with Crippen molar-refractivity contribution in [3.8, 4) is 17.0 Å². The van der Waals surface area contributed by atoms with E-state index >= 15 is 0 Å². The highest BCUT2D eigenvalue weighted by molar-refractivity contribution is 5.69. The van der Waals surface area contributed by atoms with Crippen molar-refractivity contribution in [2.24, 2.45) is 0 Å². The Kier molecular flexibility index (Phi) is 5.48. The summed E-state index contributed by atoms with van der Waals surface area (Å²) in [6.45, 7) is 2.94. The average molecular weight is 399 g/mol. The molecule has 3 aromatic rings. The number of nitrogens with one attached hydrogen (secondary N) is 1. The van der Waals surface area contributed by atoms with Gasteiger partial charge in [-0.3, -0.25) is 0 Å². The monoisotopic (exact) mass is 399 g/mol. The number of hydrogen-bond acceptors (Lipinski definition) is 7. The van der Waals surface area contributed by atoms with E-state index in [2.05, 4.69) is 25.2 Å². The summed E-state index contributed by atoms with van der Waals surface area (Å²) >= 11 is 0. The van der Waals surface area contributed by atoms with Crippen molar-refractivity contribution < 1.29 is 18.3 Å². The molecule has 0 spiro atoms. The largest absolute Gasteiger partial charge is 0.496 e. The van der Waals surface area contributed by atoms with Gasteiger partial charge >= 0.3 is 0 Å². The molecular formula is C20H19F2N5O2. The molecule has 1 aliphatic heterocycles. The van der Waals surface area contributed by atoms with Gasteiger partial charge in [0.1, 0.15) is 23.1 Å². The Morgan fingerprint density at radius 3 is 2.72 bits per heavy atom. The van der Waals surface area contributed by atoms with Crippen molar-refractivity contribution in [3.63, 3.8) is 0 Å². The van der Waals surface area contributed by atoms with Crippen molar-refractivity contribution in [1.82, 2.24) is 15.0 Å². The number of pyridine rings is 1. The standard InChI is InChI=1S/C20H19F2N5O2/c1-28-17-10-13(21)2-3-15(17)19-16(22)12-24-20(26-19)25-18-11-14(4-5-23-18)27-6-8-29-9-7-27/h2-5,10-12H,6-9H2,1H3,(H,23,24,25,26). The minimum atomic E-state index is -0.643. The predicted octanol–water partition coefficient (Wildman–Crippen LogP) is 3.41. The van der Waals surface area contributed by atoms with Gasteiger partial charge in [0.15, 0.2) is 5.82 Å². The van der Waals surface area contributed by atoms with Gasteiger partial charge in [-0.2, -0.15) is 0 Å². The van der Waals surface area contributed by atoms with E-state index in [4.69, 9.17) is 9.47 Å². The molecule has 0 aliphatic carbocycles. The van der Waals surface area contributed by atoms with Gasteiger partial charge in [0.25, 0.3) is 0 Å². The van der Waals surface area contributed by atoms with Crippen LogP contribution in [0.25, 0.3) is 11.3 Å².